The smallest absolute Gasteiger partial charge is 0.215 e. The summed E-state index contributed by atoms with van der Waals surface area (Å²) < 4.78 is 10.4. The van der Waals surface area contributed by atoms with Crippen molar-refractivity contribution in [3.8, 4) is 5.88 Å². The molecule has 6 nitrogen and oxygen atoms in total. The number of nitrogen functional groups attached to an aromatic ring is 1. The fraction of sp³-hybridized carbons (Fsp3) is 0.583. The summed E-state index contributed by atoms with van der Waals surface area (Å²) in [5.41, 5.74) is 6.49. The Bertz CT molecular complexity index is 380. The first-order valence-electron chi connectivity index (χ1n) is 6.14. The molecule has 1 aromatic heterocycles. The molecular weight excluding hydrogens is 232 g/mol. The van der Waals surface area contributed by atoms with Crippen molar-refractivity contribution >= 4 is 11.5 Å². The SMILES string of the molecule is COc1ccc(N)c(NCCN2CCOCC2)n1. The Morgan fingerprint density at radius 3 is 2.94 bits per heavy atom. The van der Waals surface area contributed by atoms with Gasteiger partial charge in [-0.15, -0.1) is 0 Å². The van der Waals surface area contributed by atoms with Crippen LogP contribution < -0.4 is 15.8 Å². The molecule has 1 aliphatic rings. The maximum atomic E-state index is 5.85. The molecule has 0 atom stereocenters. The number of nitrogens with zero attached hydrogens (tertiary/aromatic N) is 2. The topological polar surface area (TPSA) is 72.6 Å². The van der Waals surface area contributed by atoms with Crippen LogP contribution in [0.1, 0.15) is 0 Å². The predicted molar refractivity (Wildman–Crippen MR) is 71.0 cm³/mol. The Kier molecular flexibility index (Phi) is 4.60. The first-order chi connectivity index (χ1) is 8.79. The highest BCUT2D eigenvalue weighted by molar-refractivity contribution is 5.61. The minimum atomic E-state index is 0.568. The summed E-state index contributed by atoms with van der Waals surface area (Å²) in [5.74, 6) is 1.25. The van der Waals surface area contributed by atoms with Crippen LogP contribution in [0, 0.1) is 0 Å². The molecule has 0 aromatic carbocycles. The Morgan fingerprint density at radius 1 is 1.44 bits per heavy atom. The van der Waals surface area contributed by atoms with E-state index in [2.05, 4.69) is 15.2 Å². The molecule has 6 heteroatoms. The van der Waals surface area contributed by atoms with Crippen LogP contribution in [0.25, 0.3) is 0 Å². The number of nitrogens with two attached hydrogens (primary N) is 1. The molecule has 0 saturated carbocycles. The number of methoxy groups -OCH3 is 1. The summed E-state index contributed by atoms with van der Waals surface area (Å²) in [7, 11) is 1.59. The largest absolute Gasteiger partial charge is 0.481 e. The summed E-state index contributed by atoms with van der Waals surface area (Å²) in [5, 5.41) is 3.24. The molecule has 0 amide bonds. The van der Waals surface area contributed by atoms with Crippen LogP contribution in [0.15, 0.2) is 12.1 Å². The van der Waals surface area contributed by atoms with E-state index in [4.69, 9.17) is 15.2 Å². The molecule has 1 aromatic rings. The minimum Gasteiger partial charge on any atom is -0.481 e. The second-order valence-electron chi connectivity index (χ2n) is 4.17. The number of pyridine rings is 1. The Hall–Kier alpha value is -1.53. The van der Waals surface area contributed by atoms with Crippen molar-refractivity contribution < 1.29 is 9.47 Å². The van der Waals surface area contributed by atoms with Gasteiger partial charge in [-0.25, -0.2) is 0 Å². The fourth-order valence-electron chi connectivity index (χ4n) is 1.86. The van der Waals surface area contributed by atoms with Crippen LogP contribution in [0.2, 0.25) is 0 Å². The molecule has 1 saturated heterocycles. The zero-order valence-electron chi connectivity index (χ0n) is 10.7. The first-order valence-corrected chi connectivity index (χ1v) is 6.14. The van der Waals surface area contributed by atoms with Gasteiger partial charge < -0.3 is 20.5 Å². The van der Waals surface area contributed by atoms with E-state index in [1.165, 1.54) is 0 Å². The van der Waals surface area contributed by atoms with Gasteiger partial charge in [-0.2, -0.15) is 4.98 Å². The summed E-state index contributed by atoms with van der Waals surface area (Å²) in [4.78, 5) is 6.63. The van der Waals surface area contributed by atoms with Crippen molar-refractivity contribution in [1.82, 2.24) is 9.88 Å². The van der Waals surface area contributed by atoms with E-state index in [1.807, 2.05) is 0 Å². The lowest BCUT2D eigenvalue weighted by Crippen LogP contribution is -2.39. The predicted octanol–water partition coefficient (Wildman–Crippen LogP) is 0.416. The van der Waals surface area contributed by atoms with E-state index in [0.29, 0.717) is 17.4 Å². The maximum absolute atomic E-state index is 5.85. The highest BCUT2D eigenvalue weighted by atomic mass is 16.5. The molecule has 0 bridgehead atoms. The molecule has 3 N–H and O–H groups in total. The number of rotatable bonds is 5. The molecule has 18 heavy (non-hydrogen) atoms. The van der Waals surface area contributed by atoms with Gasteiger partial charge in [0.25, 0.3) is 0 Å². The van der Waals surface area contributed by atoms with E-state index in [0.717, 1.165) is 39.4 Å². The van der Waals surface area contributed by atoms with E-state index >= 15 is 0 Å². The number of morpholine rings is 1. The number of anilines is 2. The number of aromatic nitrogens is 1. The van der Waals surface area contributed by atoms with Crippen LogP contribution in [0.3, 0.4) is 0 Å². The van der Waals surface area contributed by atoms with Crippen molar-refractivity contribution in [2.45, 2.75) is 0 Å². The second kappa shape index (κ2) is 6.42. The highest BCUT2D eigenvalue weighted by Crippen LogP contribution is 2.19. The molecule has 1 aliphatic heterocycles. The number of hydrogen-bond acceptors (Lipinski definition) is 6. The number of hydrogen-bond donors (Lipinski definition) is 2. The molecule has 0 spiro atoms. The maximum Gasteiger partial charge on any atom is 0.215 e. The molecular formula is C12H20N4O2. The van der Waals surface area contributed by atoms with Gasteiger partial charge in [0.05, 0.1) is 26.0 Å². The molecule has 2 heterocycles. The van der Waals surface area contributed by atoms with Crippen LogP contribution >= 0.6 is 0 Å². The quantitative estimate of drug-likeness (QED) is 0.791. The molecule has 0 radical (unpaired) electrons. The lowest BCUT2D eigenvalue weighted by atomic mass is 10.3. The zero-order chi connectivity index (χ0) is 12.8. The molecule has 2 rings (SSSR count). The monoisotopic (exact) mass is 252 g/mol. The fourth-order valence-corrected chi connectivity index (χ4v) is 1.86. The highest BCUT2D eigenvalue weighted by Gasteiger charge is 2.10. The van der Waals surface area contributed by atoms with Crippen LogP contribution in [-0.2, 0) is 4.74 Å². The van der Waals surface area contributed by atoms with Gasteiger partial charge in [-0.1, -0.05) is 0 Å². The third kappa shape index (κ3) is 3.48. The van der Waals surface area contributed by atoms with Gasteiger partial charge in [0.2, 0.25) is 5.88 Å². The van der Waals surface area contributed by atoms with Gasteiger partial charge in [-0.3, -0.25) is 4.90 Å². The molecule has 1 fully saturated rings. The van der Waals surface area contributed by atoms with Crippen LogP contribution in [-0.4, -0.2) is 56.4 Å². The van der Waals surface area contributed by atoms with Crippen molar-refractivity contribution in [2.24, 2.45) is 0 Å². The summed E-state index contributed by atoms with van der Waals surface area (Å²) in [6.45, 7) is 5.39. The number of nitrogens with one attached hydrogen (secondary N) is 1. The zero-order valence-corrected chi connectivity index (χ0v) is 10.7. The third-order valence-electron chi connectivity index (χ3n) is 2.93. The summed E-state index contributed by atoms with van der Waals surface area (Å²) in [6.07, 6.45) is 0. The second-order valence-corrected chi connectivity index (χ2v) is 4.17. The van der Waals surface area contributed by atoms with E-state index in [1.54, 1.807) is 19.2 Å². The molecule has 100 valence electrons. The van der Waals surface area contributed by atoms with Crippen molar-refractivity contribution in [3.63, 3.8) is 0 Å². The van der Waals surface area contributed by atoms with Gasteiger partial charge in [0, 0.05) is 32.2 Å². The van der Waals surface area contributed by atoms with Crippen molar-refractivity contribution in [3.05, 3.63) is 12.1 Å². The normalized spacial score (nSPS) is 16.5. The Labute approximate surface area is 107 Å². The standard InChI is InChI=1S/C12H20N4O2/c1-17-11-3-2-10(13)12(15-11)14-4-5-16-6-8-18-9-7-16/h2-3H,4-9,13H2,1H3,(H,14,15). The van der Waals surface area contributed by atoms with E-state index < -0.39 is 0 Å². The summed E-state index contributed by atoms with van der Waals surface area (Å²) >= 11 is 0. The van der Waals surface area contributed by atoms with Crippen LogP contribution in [0.4, 0.5) is 11.5 Å². The molecule has 0 unspecified atom stereocenters. The summed E-state index contributed by atoms with van der Waals surface area (Å²) in [6, 6.07) is 3.55. The van der Waals surface area contributed by atoms with E-state index in [9.17, 15) is 0 Å². The minimum absolute atomic E-state index is 0.568. The van der Waals surface area contributed by atoms with Gasteiger partial charge in [0.1, 0.15) is 0 Å². The Balaban J connectivity index is 1.81. The van der Waals surface area contributed by atoms with Gasteiger partial charge in [-0.05, 0) is 6.07 Å². The first kappa shape index (κ1) is 12.9. The Morgan fingerprint density at radius 2 is 2.22 bits per heavy atom. The average Bonchev–Trinajstić information content (AvgIpc) is 2.42. The van der Waals surface area contributed by atoms with Gasteiger partial charge >= 0.3 is 0 Å². The van der Waals surface area contributed by atoms with Crippen molar-refractivity contribution in [1.29, 1.82) is 0 Å². The number of ether oxygens (including phenoxy) is 2. The molecule has 0 aliphatic carbocycles. The lowest BCUT2D eigenvalue weighted by Gasteiger charge is -2.26. The van der Waals surface area contributed by atoms with Crippen molar-refractivity contribution in [2.75, 3.05) is 57.6 Å². The lowest BCUT2D eigenvalue weighted by molar-refractivity contribution is 0.0398. The third-order valence-corrected chi connectivity index (χ3v) is 2.93. The van der Waals surface area contributed by atoms with Gasteiger partial charge in [0.15, 0.2) is 5.82 Å². The van der Waals surface area contributed by atoms with E-state index in [-0.39, 0.29) is 0 Å². The average molecular weight is 252 g/mol. The van der Waals surface area contributed by atoms with Crippen LogP contribution in [0.5, 0.6) is 5.88 Å².